The second-order valence-electron chi connectivity index (χ2n) is 6.53. The Bertz CT molecular complexity index is 932. The van der Waals surface area contributed by atoms with E-state index < -0.39 is 23.0 Å². The number of rotatable bonds is 2. The number of ether oxygens (including phenoxy) is 1. The fourth-order valence-electron chi connectivity index (χ4n) is 4.11. The molecule has 1 saturated heterocycles. The first-order chi connectivity index (χ1) is 11.8. The molecule has 2 unspecified atom stereocenters. The highest BCUT2D eigenvalue weighted by molar-refractivity contribution is 5.86. The molecule has 3 heterocycles. The molecule has 1 saturated carbocycles. The van der Waals surface area contributed by atoms with Crippen molar-refractivity contribution in [3.63, 3.8) is 0 Å². The SMILES string of the molecule is COC(=O)C12CN(c3ccc(C#N)n4nccc34)CC1(C(F)(F)F)C2. The fraction of sp³-hybridized carbons (Fsp3) is 0.438. The smallest absolute Gasteiger partial charge is 0.397 e. The molecule has 4 rings (SSSR count). The number of carbonyl (C=O) groups is 1. The van der Waals surface area contributed by atoms with E-state index in [4.69, 9.17) is 5.26 Å². The minimum Gasteiger partial charge on any atom is -0.469 e. The molecule has 2 atom stereocenters. The van der Waals surface area contributed by atoms with Gasteiger partial charge in [0.15, 0.2) is 0 Å². The van der Waals surface area contributed by atoms with E-state index in [-0.39, 0.29) is 25.2 Å². The van der Waals surface area contributed by atoms with Crippen LogP contribution in [0.2, 0.25) is 0 Å². The highest BCUT2D eigenvalue weighted by atomic mass is 19.4. The summed E-state index contributed by atoms with van der Waals surface area (Å²) in [4.78, 5) is 13.6. The molecule has 2 fully saturated rings. The van der Waals surface area contributed by atoms with Crippen molar-refractivity contribution in [2.75, 3.05) is 25.1 Å². The van der Waals surface area contributed by atoms with E-state index in [1.807, 2.05) is 6.07 Å². The first kappa shape index (κ1) is 15.7. The summed E-state index contributed by atoms with van der Waals surface area (Å²) in [6, 6.07) is 6.71. The van der Waals surface area contributed by atoms with Gasteiger partial charge in [-0.3, -0.25) is 4.79 Å². The van der Waals surface area contributed by atoms with Gasteiger partial charge in [-0.1, -0.05) is 0 Å². The van der Waals surface area contributed by atoms with E-state index in [9.17, 15) is 18.0 Å². The maximum absolute atomic E-state index is 13.7. The number of piperidine rings is 1. The average molecular weight is 350 g/mol. The quantitative estimate of drug-likeness (QED) is 0.776. The van der Waals surface area contributed by atoms with Gasteiger partial charge < -0.3 is 9.64 Å². The predicted octanol–water partition coefficient (Wildman–Crippen LogP) is 2.14. The summed E-state index contributed by atoms with van der Waals surface area (Å²) >= 11 is 0. The zero-order valence-electron chi connectivity index (χ0n) is 13.2. The molecule has 0 aromatic carbocycles. The van der Waals surface area contributed by atoms with Gasteiger partial charge in [-0.25, -0.2) is 4.52 Å². The molecule has 0 radical (unpaired) electrons. The van der Waals surface area contributed by atoms with E-state index in [1.54, 1.807) is 12.1 Å². The van der Waals surface area contributed by atoms with E-state index >= 15 is 0 Å². The van der Waals surface area contributed by atoms with Crippen molar-refractivity contribution in [2.24, 2.45) is 10.8 Å². The summed E-state index contributed by atoms with van der Waals surface area (Å²) in [5.41, 5.74) is -2.34. The molecule has 1 aliphatic carbocycles. The highest BCUT2D eigenvalue weighted by Crippen LogP contribution is 2.75. The monoisotopic (exact) mass is 350 g/mol. The van der Waals surface area contributed by atoms with Crippen LogP contribution in [-0.2, 0) is 9.53 Å². The minimum atomic E-state index is -4.50. The number of aromatic nitrogens is 2. The number of hydrogen-bond acceptors (Lipinski definition) is 5. The topological polar surface area (TPSA) is 70.6 Å². The number of halogens is 3. The minimum absolute atomic E-state index is 0.0775. The Labute approximate surface area is 140 Å². The molecule has 2 aromatic heterocycles. The molecule has 2 aromatic rings. The van der Waals surface area contributed by atoms with Crippen LogP contribution in [0.25, 0.3) is 5.52 Å². The molecule has 0 amide bonds. The summed E-state index contributed by atoms with van der Waals surface area (Å²) < 4.78 is 47.1. The van der Waals surface area contributed by atoms with Gasteiger partial charge in [0.25, 0.3) is 0 Å². The van der Waals surface area contributed by atoms with Crippen LogP contribution >= 0.6 is 0 Å². The maximum Gasteiger partial charge on any atom is 0.397 e. The number of nitriles is 1. The summed E-state index contributed by atoms with van der Waals surface area (Å²) in [5, 5.41) is 13.2. The third kappa shape index (κ3) is 1.79. The highest BCUT2D eigenvalue weighted by Gasteiger charge is 2.87. The third-order valence-corrected chi connectivity index (χ3v) is 5.42. The van der Waals surface area contributed by atoms with Crippen molar-refractivity contribution in [1.29, 1.82) is 5.26 Å². The summed E-state index contributed by atoms with van der Waals surface area (Å²) in [5.74, 6) is -0.828. The number of nitrogens with zero attached hydrogens (tertiary/aromatic N) is 4. The Morgan fingerprint density at radius 2 is 2.12 bits per heavy atom. The Morgan fingerprint density at radius 3 is 2.76 bits per heavy atom. The first-order valence-corrected chi connectivity index (χ1v) is 7.57. The Balaban J connectivity index is 1.79. The summed E-state index contributed by atoms with van der Waals surface area (Å²) in [6.07, 6.45) is -3.27. The van der Waals surface area contributed by atoms with Crippen molar-refractivity contribution in [2.45, 2.75) is 12.6 Å². The Kier molecular flexibility index (Phi) is 2.93. The summed E-state index contributed by atoms with van der Waals surface area (Å²) in [7, 11) is 1.11. The lowest BCUT2D eigenvalue weighted by atomic mass is 9.96. The number of pyridine rings is 1. The molecular formula is C16H13F3N4O2. The number of hydrogen-bond donors (Lipinski definition) is 0. The van der Waals surface area contributed by atoms with Crippen LogP contribution in [0.5, 0.6) is 0 Å². The van der Waals surface area contributed by atoms with E-state index in [0.29, 0.717) is 11.2 Å². The standard InChI is InChI=1S/C16H13F3N4O2/c1-25-13(24)14-7-15(14,16(17,18)19)9-22(8-14)11-3-2-10(6-20)23-12(11)4-5-21-23/h2-5H,7-9H2,1H3. The van der Waals surface area contributed by atoms with Crippen molar-refractivity contribution >= 4 is 17.2 Å². The molecule has 1 aliphatic heterocycles. The van der Waals surface area contributed by atoms with Crippen molar-refractivity contribution in [1.82, 2.24) is 9.61 Å². The second kappa shape index (κ2) is 4.65. The van der Waals surface area contributed by atoms with Crippen LogP contribution in [-0.4, -0.2) is 42.0 Å². The lowest BCUT2D eigenvalue weighted by Crippen LogP contribution is -2.35. The number of fused-ring (bicyclic) bond motifs is 2. The number of carbonyl (C=O) groups excluding carboxylic acids is 1. The van der Waals surface area contributed by atoms with Gasteiger partial charge in [-0.2, -0.15) is 23.5 Å². The number of alkyl halides is 3. The van der Waals surface area contributed by atoms with Crippen molar-refractivity contribution in [3.8, 4) is 6.07 Å². The maximum atomic E-state index is 13.7. The van der Waals surface area contributed by atoms with Crippen molar-refractivity contribution in [3.05, 3.63) is 30.1 Å². The zero-order valence-corrected chi connectivity index (χ0v) is 13.2. The molecule has 9 heteroatoms. The molecule has 6 nitrogen and oxygen atoms in total. The lowest BCUT2D eigenvalue weighted by molar-refractivity contribution is -0.195. The van der Waals surface area contributed by atoms with Gasteiger partial charge in [-0.15, -0.1) is 0 Å². The molecule has 0 N–H and O–H groups in total. The first-order valence-electron chi connectivity index (χ1n) is 7.57. The van der Waals surface area contributed by atoms with Gasteiger partial charge in [-0.05, 0) is 24.6 Å². The molecule has 2 aliphatic rings. The number of esters is 1. The normalized spacial score (nSPS) is 27.9. The fourth-order valence-corrected chi connectivity index (χ4v) is 4.11. The molecule has 25 heavy (non-hydrogen) atoms. The van der Waals surface area contributed by atoms with Crippen LogP contribution in [0, 0.1) is 22.2 Å². The van der Waals surface area contributed by atoms with Crippen LogP contribution in [0.1, 0.15) is 12.1 Å². The van der Waals surface area contributed by atoms with Crippen LogP contribution in [0.4, 0.5) is 18.9 Å². The molecular weight excluding hydrogens is 337 g/mol. The molecule has 130 valence electrons. The largest absolute Gasteiger partial charge is 0.469 e. The van der Waals surface area contributed by atoms with Crippen LogP contribution < -0.4 is 4.90 Å². The van der Waals surface area contributed by atoms with E-state index in [2.05, 4.69) is 9.84 Å². The predicted molar refractivity (Wildman–Crippen MR) is 79.7 cm³/mol. The lowest BCUT2D eigenvalue weighted by Gasteiger charge is -2.24. The van der Waals surface area contributed by atoms with Crippen LogP contribution in [0.3, 0.4) is 0 Å². The Hall–Kier alpha value is -2.76. The van der Waals surface area contributed by atoms with Gasteiger partial charge in [0.1, 0.15) is 22.6 Å². The Morgan fingerprint density at radius 1 is 1.36 bits per heavy atom. The summed E-state index contributed by atoms with van der Waals surface area (Å²) in [6.45, 7) is -0.399. The van der Waals surface area contributed by atoms with Gasteiger partial charge in [0.05, 0.1) is 24.5 Å². The number of methoxy groups -OCH3 is 1. The average Bonchev–Trinajstić information content (AvgIpc) is 2.91. The zero-order chi connectivity index (χ0) is 18.0. The molecule has 0 spiro atoms. The van der Waals surface area contributed by atoms with Crippen LogP contribution in [0.15, 0.2) is 24.4 Å². The van der Waals surface area contributed by atoms with E-state index in [1.165, 1.54) is 21.7 Å². The van der Waals surface area contributed by atoms with Gasteiger partial charge in [0, 0.05) is 13.1 Å². The van der Waals surface area contributed by atoms with E-state index in [0.717, 1.165) is 7.11 Å². The van der Waals surface area contributed by atoms with Crippen molar-refractivity contribution < 1.29 is 22.7 Å². The third-order valence-electron chi connectivity index (χ3n) is 5.42. The second-order valence-corrected chi connectivity index (χ2v) is 6.53. The number of anilines is 1. The van der Waals surface area contributed by atoms with Gasteiger partial charge in [0.2, 0.25) is 0 Å². The molecule has 0 bridgehead atoms. The van der Waals surface area contributed by atoms with Gasteiger partial charge >= 0.3 is 12.1 Å².